The fourth-order valence-corrected chi connectivity index (χ4v) is 5.15. The highest BCUT2D eigenvalue weighted by Crippen LogP contribution is 2.33. The van der Waals surface area contributed by atoms with Crippen molar-refractivity contribution in [3.63, 3.8) is 0 Å². The summed E-state index contributed by atoms with van der Waals surface area (Å²) >= 11 is 0. The highest BCUT2D eigenvalue weighted by molar-refractivity contribution is 5.98. The summed E-state index contributed by atoms with van der Waals surface area (Å²) in [6.07, 6.45) is 2.26. The molecule has 2 aromatic carbocycles. The summed E-state index contributed by atoms with van der Waals surface area (Å²) in [6.45, 7) is 4.64. The fourth-order valence-electron chi connectivity index (χ4n) is 5.15. The minimum Gasteiger partial charge on any atom is -0.486 e. The third-order valence-corrected chi connectivity index (χ3v) is 7.02. The Morgan fingerprint density at radius 1 is 1.06 bits per heavy atom. The molecule has 0 aliphatic carbocycles. The van der Waals surface area contributed by atoms with Crippen LogP contribution < -0.4 is 14.8 Å². The van der Waals surface area contributed by atoms with Crippen molar-refractivity contribution >= 4 is 11.8 Å². The van der Waals surface area contributed by atoms with E-state index in [9.17, 15) is 14.7 Å². The molecule has 0 aromatic heterocycles. The molecule has 2 N–H and O–H groups in total. The number of carbonyl (C=O) groups is 2. The molecule has 5 rings (SSSR count). The SMILES string of the molecule is C.O=C(CCCN1Cc2ccccc2C1=O)N[C@H](CN1CCCC1)[C@H](O)c1ccc2c(c1)OCCO2. The van der Waals surface area contributed by atoms with Crippen molar-refractivity contribution in [2.45, 2.75) is 51.8 Å². The van der Waals surface area contributed by atoms with Gasteiger partial charge in [0.15, 0.2) is 11.5 Å². The number of carbonyl (C=O) groups excluding carboxylic acids is 2. The van der Waals surface area contributed by atoms with Gasteiger partial charge in [0, 0.05) is 31.6 Å². The van der Waals surface area contributed by atoms with Crippen LogP contribution in [0.4, 0.5) is 0 Å². The molecule has 8 heteroatoms. The van der Waals surface area contributed by atoms with E-state index in [0.29, 0.717) is 62.8 Å². The third-order valence-electron chi connectivity index (χ3n) is 7.02. The Balaban J connectivity index is 0.00000304. The van der Waals surface area contributed by atoms with E-state index in [1.54, 1.807) is 11.0 Å². The predicted octanol–water partition coefficient (Wildman–Crippen LogP) is 3.14. The summed E-state index contributed by atoms with van der Waals surface area (Å²) in [5.41, 5.74) is 2.49. The van der Waals surface area contributed by atoms with Crippen LogP contribution in [0.1, 0.15) is 60.7 Å². The van der Waals surface area contributed by atoms with Gasteiger partial charge >= 0.3 is 0 Å². The molecular weight excluding hydrogens is 458 g/mol. The molecule has 3 aliphatic rings. The summed E-state index contributed by atoms with van der Waals surface area (Å²) < 4.78 is 11.3. The first kappa shape index (κ1) is 26.0. The lowest BCUT2D eigenvalue weighted by atomic mass is 10.0. The first-order chi connectivity index (χ1) is 17.1. The lowest BCUT2D eigenvalue weighted by molar-refractivity contribution is -0.123. The molecule has 8 nitrogen and oxygen atoms in total. The zero-order valence-corrected chi connectivity index (χ0v) is 19.9. The molecule has 0 unspecified atom stereocenters. The van der Waals surface area contributed by atoms with Gasteiger partial charge in [0.05, 0.1) is 6.04 Å². The van der Waals surface area contributed by atoms with E-state index in [2.05, 4.69) is 10.2 Å². The number of rotatable bonds is 9. The fraction of sp³-hybridized carbons (Fsp3) is 0.500. The van der Waals surface area contributed by atoms with Gasteiger partial charge < -0.3 is 29.7 Å². The Hall–Kier alpha value is -3.10. The Morgan fingerprint density at radius 3 is 2.58 bits per heavy atom. The van der Waals surface area contributed by atoms with Gasteiger partial charge in [-0.15, -0.1) is 0 Å². The van der Waals surface area contributed by atoms with Crippen LogP contribution in [0.2, 0.25) is 0 Å². The van der Waals surface area contributed by atoms with E-state index in [1.807, 2.05) is 36.4 Å². The number of ether oxygens (including phenoxy) is 2. The van der Waals surface area contributed by atoms with Gasteiger partial charge in [-0.05, 0) is 61.7 Å². The van der Waals surface area contributed by atoms with Crippen LogP contribution in [0.3, 0.4) is 0 Å². The maximum Gasteiger partial charge on any atom is 0.254 e. The Bertz CT molecular complexity index is 1070. The second-order valence-electron chi connectivity index (χ2n) is 9.52. The summed E-state index contributed by atoms with van der Waals surface area (Å²) in [5.74, 6) is 1.21. The molecule has 194 valence electrons. The van der Waals surface area contributed by atoms with Crippen molar-refractivity contribution in [2.75, 3.05) is 39.4 Å². The monoisotopic (exact) mass is 495 g/mol. The molecule has 2 amide bonds. The zero-order valence-electron chi connectivity index (χ0n) is 19.9. The van der Waals surface area contributed by atoms with E-state index in [-0.39, 0.29) is 19.2 Å². The topological polar surface area (TPSA) is 91.3 Å². The average Bonchev–Trinajstić information content (AvgIpc) is 3.51. The molecule has 0 spiro atoms. The number of aliphatic hydroxyl groups is 1. The second kappa shape index (κ2) is 11.8. The van der Waals surface area contributed by atoms with Gasteiger partial charge in [0.25, 0.3) is 5.91 Å². The zero-order chi connectivity index (χ0) is 24.2. The average molecular weight is 496 g/mol. The number of fused-ring (bicyclic) bond motifs is 2. The van der Waals surface area contributed by atoms with Crippen LogP contribution in [0, 0.1) is 0 Å². The van der Waals surface area contributed by atoms with E-state index < -0.39 is 12.1 Å². The molecular formula is C28H37N3O5. The van der Waals surface area contributed by atoms with E-state index in [1.165, 1.54) is 0 Å². The maximum absolute atomic E-state index is 12.9. The standard InChI is InChI=1S/C27H33N3O5.CH4/c31-25(8-5-13-30-17-20-6-1-2-7-21(20)27(30)33)28-22(18-29-11-3-4-12-29)26(32)19-9-10-23-24(16-19)35-15-14-34-23;/h1-2,6-7,9-10,16,22,26,32H,3-5,8,11-15,17-18H2,(H,28,31);1H4/t22-,26-;/m1./s1. The smallest absolute Gasteiger partial charge is 0.254 e. The summed E-state index contributed by atoms with van der Waals surface area (Å²) in [4.78, 5) is 29.5. The second-order valence-corrected chi connectivity index (χ2v) is 9.52. The Kier molecular flexibility index (Phi) is 8.48. The van der Waals surface area contributed by atoms with Crippen LogP contribution in [-0.4, -0.2) is 72.2 Å². The van der Waals surface area contributed by atoms with Crippen molar-refractivity contribution in [1.82, 2.24) is 15.1 Å². The van der Waals surface area contributed by atoms with Gasteiger partial charge in [-0.3, -0.25) is 9.59 Å². The molecule has 3 heterocycles. The van der Waals surface area contributed by atoms with Gasteiger partial charge in [0.1, 0.15) is 19.3 Å². The number of amides is 2. The van der Waals surface area contributed by atoms with Gasteiger partial charge in [-0.2, -0.15) is 0 Å². The molecule has 3 aliphatic heterocycles. The molecule has 2 aromatic rings. The molecule has 0 bridgehead atoms. The van der Waals surface area contributed by atoms with Crippen molar-refractivity contribution in [3.8, 4) is 11.5 Å². The molecule has 1 saturated heterocycles. The summed E-state index contributed by atoms with van der Waals surface area (Å²) in [5, 5.41) is 14.3. The van der Waals surface area contributed by atoms with Crippen LogP contribution in [-0.2, 0) is 11.3 Å². The minimum absolute atomic E-state index is 0. The van der Waals surface area contributed by atoms with Gasteiger partial charge in [-0.25, -0.2) is 0 Å². The Labute approximate surface area is 213 Å². The number of nitrogens with one attached hydrogen (secondary N) is 1. The molecule has 0 radical (unpaired) electrons. The number of likely N-dealkylation sites (tertiary alicyclic amines) is 1. The molecule has 1 fully saturated rings. The van der Waals surface area contributed by atoms with Crippen molar-refractivity contribution in [3.05, 3.63) is 59.2 Å². The normalized spacial score (nSPS) is 18.4. The summed E-state index contributed by atoms with van der Waals surface area (Å²) in [7, 11) is 0. The highest BCUT2D eigenvalue weighted by Gasteiger charge is 2.29. The van der Waals surface area contributed by atoms with E-state index >= 15 is 0 Å². The van der Waals surface area contributed by atoms with Crippen LogP contribution in [0.5, 0.6) is 11.5 Å². The van der Waals surface area contributed by atoms with E-state index in [0.717, 1.165) is 37.1 Å². The first-order valence-corrected chi connectivity index (χ1v) is 12.5. The van der Waals surface area contributed by atoms with Gasteiger partial charge in [0.2, 0.25) is 5.91 Å². The molecule has 0 saturated carbocycles. The molecule has 2 atom stereocenters. The summed E-state index contributed by atoms with van der Waals surface area (Å²) in [6, 6.07) is 12.6. The van der Waals surface area contributed by atoms with Crippen molar-refractivity contribution in [1.29, 1.82) is 0 Å². The van der Waals surface area contributed by atoms with Crippen molar-refractivity contribution in [2.24, 2.45) is 0 Å². The predicted molar refractivity (Wildman–Crippen MR) is 137 cm³/mol. The van der Waals surface area contributed by atoms with Crippen LogP contribution in [0.25, 0.3) is 0 Å². The lowest BCUT2D eigenvalue weighted by Crippen LogP contribution is -2.46. The third kappa shape index (κ3) is 5.82. The Morgan fingerprint density at radius 2 is 1.81 bits per heavy atom. The molecule has 36 heavy (non-hydrogen) atoms. The number of nitrogens with zero attached hydrogens (tertiary/aromatic N) is 2. The number of benzene rings is 2. The number of hydrogen-bond donors (Lipinski definition) is 2. The van der Waals surface area contributed by atoms with Crippen molar-refractivity contribution < 1.29 is 24.2 Å². The van der Waals surface area contributed by atoms with Crippen LogP contribution >= 0.6 is 0 Å². The lowest BCUT2D eigenvalue weighted by Gasteiger charge is -2.29. The largest absolute Gasteiger partial charge is 0.486 e. The van der Waals surface area contributed by atoms with Gasteiger partial charge in [-0.1, -0.05) is 31.7 Å². The number of hydrogen-bond acceptors (Lipinski definition) is 6. The minimum atomic E-state index is -0.870. The van der Waals surface area contributed by atoms with E-state index in [4.69, 9.17) is 9.47 Å². The number of aliphatic hydroxyl groups excluding tert-OH is 1. The maximum atomic E-state index is 12.9. The highest BCUT2D eigenvalue weighted by atomic mass is 16.6. The first-order valence-electron chi connectivity index (χ1n) is 12.5. The quantitative estimate of drug-likeness (QED) is 0.556. The van der Waals surface area contributed by atoms with Crippen LogP contribution in [0.15, 0.2) is 42.5 Å².